The van der Waals surface area contributed by atoms with Crippen molar-refractivity contribution in [3.8, 4) is 0 Å². The van der Waals surface area contributed by atoms with Gasteiger partial charge in [-0.15, -0.1) is 0 Å². The van der Waals surface area contributed by atoms with Crippen molar-refractivity contribution in [2.75, 3.05) is 17.6 Å². The van der Waals surface area contributed by atoms with Gasteiger partial charge in [-0.2, -0.15) is 0 Å². The third-order valence-electron chi connectivity index (χ3n) is 1.32. The van der Waals surface area contributed by atoms with Crippen LogP contribution < -0.4 is 11.1 Å². The van der Waals surface area contributed by atoms with Crippen LogP contribution in [0.5, 0.6) is 0 Å². The molecule has 0 aliphatic carbocycles. The molecule has 1 aromatic heterocycles. The summed E-state index contributed by atoms with van der Waals surface area (Å²) < 4.78 is 0.888. The molecule has 0 unspecified atom stereocenters. The molecule has 0 spiro atoms. The molecule has 0 radical (unpaired) electrons. The summed E-state index contributed by atoms with van der Waals surface area (Å²) in [7, 11) is 0. The first-order valence-electron chi connectivity index (χ1n) is 3.47. The Morgan fingerprint density at radius 2 is 2.50 bits per heavy atom. The number of pyridine rings is 1. The molecule has 3 nitrogen and oxygen atoms in total. The van der Waals surface area contributed by atoms with Crippen molar-refractivity contribution in [3.05, 3.63) is 29.5 Å². The molecule has 64 valence electrons. The molecule has 12 heavy (non-hydrogen) atoms. The molecule has 1 heterocycles. The fourth-order valence-corrected chi connectivity index (χ4v) is 0.899. The molecule has 1 aromatic rings. The van der Waals surface area contributed by atoms with Gasteiger partial charge < -0.3 is 11.1 Å². The average molecular weight is 228 g/mol. The average Bonchev–Trinajstić information content (AvgIpc) is 2.03. The van der Waals surface area contributed by atoms with Gasteiger partial charge in [0.15, 0.2) is 0 Å². The van der Waals surface area contributed by atoms with Gasteiger partial charge in [0.1, 0.15) is 0 Å². The van der Waals surface area contributed by atoms with E-state index in [1.807, 2.05) is 6.07 Å². The summed E-state index contributed by atoms with van der Waals surface area (Å²) in [6, 6.07) is 1.82. The first kappa shape index (κ1) is 9.06. The van der Waals surface area contributed by atoms with Gasteiger partial charge in [-0.05, 0) is 6.07 Å². The van der Waals surface area contributed by atoms with E-state index in [-0.39, 0.29) is 0 Å². The number of nitrogens with two attached hydrogens (primary N) is 1. The second kappa shape index (κ2) is 4.11. The Labute approximate surface area is 79.8 Å². The Morgan fingerprint density at radius 3 is 3.08 bits per heavy atom. The predicted molar refractivity (Wildman–Crippen MR) is 55.2 cm³/mol. The minimum atomic E-state index is 0.645. The summed E-state index contributed by atoms with van der Waals surface area (Å²) in [5.74, 6) is 0. The predicted octanol–water partition coefficient (Wildman–Crippen LogP) is 1.98. The van der Waals surface area contributed by atoms with E-state index >= 15 is 0 Å². The number of nitrogens with zero attached hydrogens (tertiary/aromatic N) is 1. The minimum Gasteiger partial charge on any atom is -0.396 e. The van der Waals surface area contributed by atoms with Gasteiger partial charge in [-0.25, -0.2) is 0 Å². The van der Waals surface area contributed by atoms with Crippen LogP contribution in [-0.4, -0.2) is 11.5 Å². The van der Waals surface area contributed by atoms with E-state index in [1.165, 1.54) is 0 Å². The van der Waals surface area contributed by atoms with E-state index in [2.05, 4.69) is 32.8 Å². The highest BCUT2D eigenvalue weighted by molar-refractivity contribution is 9.11. The highest BCUT2D eigenvalue weighted by Crippen LogP contribution is 2.15. The SMILES string of the molecule is C=C(Br)CNc1ccncc1N. The molecular formula is C8H10BrN3. The largest absolute Gasteiger partial charge is 0.396 e. The smallest absolute Gasteiger partial charge is 0.0736 e. The Morgan fingerprint density at radius 1 is 1.75 bits per heavy atom. The topological polar surface area (TPSA) is 50.9 Å². The van der Waals surface area contributed by atoms with Gasteiger partial charge in [0.05, 0.1) is 17.6 Å². The van der Waals surface area contributed by atoms with E-state index in [0.717, 1.165) is 10.2 Å². The summed E-state index contributed by atoms with van der Waals surface area (Å²) in [6.07, 6.45) is 3.30. The maximum Gasteiger partial charge on any atom is 0.0736 e. The van der Waals surface area contributed by atoms with Crippen molar-refractivity contribution in [2.45, 2.75) is 0 Å². The van der Waals surface area contributed by atoms with E-state index in [4.69, 9.17) is 5.73 Å². The van der Waals surface area contributed by atoms with Crippen LogP contribution in [0.4, 0.5) is 11.4 Å². The van der Waals surface area contributed by atoms with Crippen molar-refractivity contribution in [1.82, 2.24) is 4.98 Å². The molecule has 0 saturated carbocycles. The maximum absolute atomic E-state index is 5.64. The van der Waals surface area contributed by atoms with Gasteiger partial charge in [-0.3, -0.25) is 4.98 Å². The molecule has 3 N–H and O–H groups in total. The van der Waals surface area contributed by atoms with Crippen LogP contribution in [-0.2, 0) is 0 Å². The van der Waals surface area contributed by atoms with Crippen molar-refractivity contribution >= 4 is 27.3 Å². The number of anilines is 2. The van der Waals surface area contributed by atoms with Crippen LogP contribution in [0, 0.1) is 0 Å². The minimum absolute atomic E-state index is 0.645. The summed E-state index contributed by atoms with van der Waals surface area (Å²) in [5.41, 5.74) is 7.16. The van der Waals surface area contributed by atoms with Gasteiger partial charge in [-0.1, -0.05) is 22.5 Å². The third kappa shape index (κ3) is 2.54. The highest BCUT2D eigenvalue weighted by Gasteiger charge is 1.95. The summed E-state index contributed by atoms with van der Waals surface area (Å²) in [5, 5.41) is 3.10. The summed E-state index contributed by atoms with van der Waals surface area (Å²) in [4.78, 5) is 3.87. The van der Waals surface area contributed by atoms with E-state index in [9.17, 15) is 0 Å². The second-order valence-corrected chi connectivity index (χ2v) is 3.46. The number of aromatic nitrogens is 1. The first-order valence-corrected chi connectivity index (χ1v) is 4.26. The lowest BCUT2D eigenvalue weighted by Gasteiger charge is -2.06. The zero-order valence-corrected chi connectivity index (χ0v) is 8.13. The quantitative estimate of drug-likeness (QED) is 0.831. The Hall–Kier alpha value is -1.03. The lowest BCUT2D eigenvalue weighted by molar-refractivity contribution is 1.28. The van der Waals surface area contributed by atoms with E-state index in [1.54, 1.807) is 12.4 Å². The molecule has 0 aliphatic heterocycles. The van der Waals surface area contributed by atoms with E-state index < -0.39 is 0 Å². The molecular weight excluding hydrogens is 218 g/mol. The van der Waals surface area contributed by atoms with Crippen LogP contribution in [0.2, 0.25) is 0 Å². The van der Waals surface area contributed by atoms with Crippen LogP contribution in [0.3, 0.4) is 0 Å². The van der Waals surface area contributed by atoms with Crippen LogP contribution in [0.25, 0.3) is 0 Å². The van der Waals surface area contributed by atoms with Crippen LogP contribution in [0.15, 0.2) is 29.5 Å². The van der Waals surface area contributed by atoms with Crippen molar-refractivity contribution < 1.29 is 0 Å². The molecule has 0 fully saturated rings. The number of hydrogen-bond donors (Lipinski definition) is 2. The summed E-state index contributed by atoms with van der Waals surface area (Å²) in [6.45, 7) is 4.36. The molecule has 0 aliphatic rings. The van der Waals surface area contributed by atoms with Gasteiger partial charge >= 0.3 is 0 Å². The fourth-order valence-electron chi connectivity index (χ4n) is 0.759. The zero-order chi connectivity index (χ0) is 8.97. The van der Waals surface area contributed by atoms with E-state index in [0.29, 0.717) is 12.2 Å². The van der Waals surface area contributed by atoms with Crippen molar-refractivity contribution in [2.24, 2.45) is 0 Å². The third-order valence-corrected chi connectivity index (χ3v) is 1.60. The zero-order valence-electron chi connectivity index (χ0n) is 6.55. The van der Waals surface area contributed by atoms with Gasteiger partial charge in [0, 0.05) is 17.2 Å². The second-order valence-electron chi connectivity index (χ2n) is 2.33. The Kier molecular flexibility index (Phi) is 3.10. The Bertz CT molecular complexity index is 285. The molecule has 0 atom stereocenters. The monoisotopic (exact) mass is 227 g/mol. The first-order chi connectivity index (χ1) is 5.70. The molecule has 1 rings (SSSR count). The normalized spacial score (nSPS) is 9.42. The van der Waals surface area contributed by atoms with Crippen LogP contribution >= 0.6 is 15.9 Å². The Balaban J connectivity index is 2.63. The van der Waals surface area contributed by atoms with Gasteiger partial charge in [0.2, 0.25) is 0 Å². The number of rotatable bonds is 3. The highest BCUT2D eigenvalue weighted by atomic mass is 79.9. The molecule has 0 saturated heterocycles. The lowest BCUT2D eigenvalue weighted by Crippen LogP contribution is -2.03. The number of nitrogen functional groups attached to an aromatic ring is 1. The van der Waals surface area contributed by atoms with Crippen LogP contribution in [0.1, 0.15) is 0 Å². The van der Waals surface area contributed by atoms with Crippen molar-refractivity contribution in [1.29, 1.82) is 0 Å². The van der Waals surface area contributed by atoms with Crippen molar-refractivity contribution in [3.63, 3.8) is 0 Å². The number of nitrogens with one attached hydrogen (secondary N) is 1. The standard InChI is InChI=1S/C8H10BrN3/c1-6(9)4-12-8-2-3-11-5-7(8)10/h2-3,5H,1,4,10H2,(H,11,12). The van der Waals surface area contributed by atoms with Gasteiger partial charge in [0.25, 0.3) is 0 Å². The molecule has 0 bridgehead atoms. The lowest BCUT2D eigenvalue weighted by atomic mass is 10.3. The maximum atomic E-state index is 5.64. The molecule has 0 aromatic carbocycles. The molecule has 0 amide bonds. The number of hydrogen-bond acceptors (Lipinski definition) is 3. The summed E-state index contributed by atoms with van der Waals surface area (Å²) >= 11 is 3.24. The number of halogens is 1. The fraction of sp³-hybridized carbons (Fsp3) is 0.125. The molecule has 4 heteroatoms.